The Morgan fingerprint density at radius 1 is 1.22 bits per heavy atom. The van der Waals surface area contributed by atoms with E-state index < -0.39 is 6.10 Å². The van der Waals surface area contributed by atoms with Gasteiger partial charge in [-0.3, -0.25) is 4.79 Å². The molecule has 3 atom stereocenters. The van der Waals surface area contributed by atoms with Gasteiger partial charge in [0, 0.05) is 25.0 Å². The second-order valence-electron chi connectivity index (χ2n) is 9.88. The summed E-state index contributed by atoms with van der Waals surface area (Å²) in [6, 6.07) is 8.04. The van der Waals surface area contributed by atoms with E-state index in [0.717, 1.165) is 30.6 Å². The first kappa shape index (κ1) is 26.7. The molecule has 0 bridgehead atoms. The molecule has 0 aromatic heterocycles. The number of hydrogen-bond donors (Lipinski definition) is 3. The number of ether oxygens (including phenoxy) is 1. The van der Waals surface area contributed by atoms with E-state index >= 15 is 0 Å². The number of benzene rings is 1. The molecule has 1 aliphatic carbocycles. The fourth-order valence-corrected chi connectivity index (χ4v) is 4.82. The molecule has 2 rings (SSSR count). The minimum atomic E-state index is -0.549. The maximum atomic E-state index is 12.8. The predicted molar refractivity (Wildman–Crippen MR) is 132 cm³/mol. The second kappa shape index (κ2) is 14.5. The smallest absolute Gasteiger partial charge is 0.223 e. The van der Waals surface area contributed by atoms with Crippen LogP contribution in [0.1, 0.15) is 84.1 Å². The molecule has 32 heavy (non-hydrogen) atoms. The lowest BCUT2D eigenvalue weighted by molar-refractivity contribution is -0.127. The van der Waals surface area contributed by atoms with Gasteiger partial charge in [0.1, 0.15) is 5.75 Å². The van der Waals surface area contributed by atoms with E-state index in [2.05, 4.69) is 37.5 Å². The van der Waals surface area contributed by atoms with Crippen LogP contribution in [0.2, 0.25) is 0 Å². The van der Waals surface area contributed by atoms with Crippen molar-refractivity contribution in [2.24, 2.45) is 17.8 Å². The number of methoxy groups -OCH3 is 1. The van der Waals surface area contributed by atoms with Gasteiger partial charge < -0.3 is 20.5 Å². The minimum absolute atomic E-state index is 0.0195. The molecule has 1 aromatic carbocycles. The second-order valence-corrected chi connectivity index (χ2v) is 9.88. The third-order valence-corrected chi connectivity index (χ3v) is 6.95. The van der Waals surface area contributed by atoms with Crippen LogP contribution in [0.3, 0.4) is 0 Å². The van der Waals surface area contributed by atoms with Gasteiger partial charge in [-0.05, 0) is 48.8 Å². The van der Waals surface area contributed by atoms with Crippen LogP contribution in [0.15, 0.2) is 24.3 Å². The third-order valence-electron chi connectivity index (χ3n) is 6.95. The van der Waals surface area contributed by atoms with Crippen molar-refractivity contribution in [3.05, 3.63) is 29.8 Å². The summed E-state index contributed by atoms with van der Waals surface area (Å²) >= 11 is 0. The number of aliphatic hydroxyl groups excluding tert-OH is 1. The predicted octanol–water partition coefficient (Wildman–Crippen LogP) is 5.06. The van der Waals surface area contributed by atoms with Crippen LogP contribution in [-0.2, 0) is 11.3 Å². The topological polar surface area (TPSA) is 70.6 Å². The first-order valence-electron chi connectivity index (χ1n) is 12.8. The molecule has 0 saturated heterocycles. The quantitative estimate of drug-likeness (QED) is 0.349. The van der Waals surface area contributed by atoms with Gasteiger partial charge in [-0.25, -0.2) is 0 Å². The molecule has 0 radical (unpaired) electrons. The highest BCUT2D eigenvalue weighted by Crippen LogP contribution is 2.30. The van der Waals surface area contributed by atoms with Gasteiger partial charge in [-0.1, -0.05) is 71.4 Å². The average molecular weight is 447 g/mol. The summed E-state index contributed by atoms with van der Waals surface area (Å²) in [5, 5.41) is 18.0. The van der Waals surface area contributed by atoms with Crippen LogP contribution in [0, 0.1) is 17.8 Å². The lowest BCUT2D eigenvalue weighted by atomic mass is 9.81. The summed E-state index contributed by atoms with van der Waals surface area (Å²) in [7, 11) is 1.68. The maximum absolute atomic E-state index is 12.8. The fraction of sp³-hybridized carbons (Fsp3) is 0.741. The van der Waals surface area contributed by atoms with E-state index in [1.807, 2.05) is 18.2 Å². The highest BCUT2D eigenvalue weighted by Gasteiger charge is 2.30. The normalized spacial score (nSPS) is 17.7. The Bertz CT molecular complexity index is 658. The maximum Gasteiger partial charge on any atom is 0.223 e. The number of unbranched alkanes of at least 4 members (excludes halogenated alkanes) is 1. The summed E-state index contributed by atoms with van der Waals surface area (Å²) in [5.74, 6) is 1.60. The van der Waals surface area contributed by atoms with Crippen LogP contribution in [-0.4, -0.2) is 36.8 Å². The zero-order chi connectivity index (χ0) is 23.3. The van der Waals surface area contributed by atoms with Crippen LogP contribution >= 0.6 is 0 Å². The van der Waals surface area contributed by atoms with Crippen LogP contribution in [0.25, 0.3) is 0 Å². The number of amides is 1. The first-order chi connectivity index (χ1) is 15.4. The van der Waals surface area contributed by atoms with Crippen LogP contribution < -0.4 is 15.4 Å². The molecule has 3 unspecified atom stereocenters. The Morgan fingerprint density at radius 3 is 2.62 bits per heavy atom. The number of aliphatic hydroxyl groups is 1. The number of carbonyl (C=O) groups excluding carboxylic acids is 1. The van der Waals surface area contributed by atoms with Gasteiger partial charge in [0.2, 0.25) is 5.91 Å². The Hall–Kier alpha value is -1.59. The van der Waals surface area contributed by atoms with Crippen molar-refractivity contribution in [2.45, 2.75) is 97.2 Å². The zero-order valence-corrected chi connectivity index (χ0v) is 20.7. The Kier molecular flexibility index (Phi) is 12.1. The number of rotatable bonds is 14. The summed E-state index contributed by atoms with van der Waals surface area (Å²) in [6.45, 7) is 7.68. The van der Waals surface area contributed by atoms with Crippen LogP contribution in [0.4, 0.5) is 0 Å². The van der Waals surface area contributed by atoms with Gasteiger partial charge >= 0.3 is 0 Å². The summed E-state index contributed by atoms with van der Waals surface area (Å²) in [6.07, 6.45) is 9.37. The molecule has 5 heteroatoms. The Morgan fingerprint density at radius 2 is 1.97 bits per heavy atom. The molecule has 1 aromatic rings. The van der Waals surface area contributed by atoms with Crippen molar-refractivity contribution in [1.82, 2.24) is 10.6 Å². The van der Waals surface area contributed by atoms with E-state index in [4.69, 9.17) is 4.74 Å². The minimum Gasteiger partial charge on any atom is -0.497 e. The van der Waals surface area contributed by atoms with E-state index in [1.54, 1.807) is 7.11 Å². The Labute approximate surface area is 195 Å². The highest BCUT2D eigenvalue weighted by molar-refractivity contribution is 5.78. The molecule has 0 spiro atoms. The van der Waals surface area contributed by atoms with Gasteiger partial charge in [0.05, 0.1) is 13.2 Å². The molecular weight excluding hydrogens is 400 g/mol. The zero-order valence-electron chi connectivity index (χ0n) is 20.7. The molecular formula is C27H46N2O3. The molecule has 1 saturated carbocycles. The van der Waals surface area contributed by atoms with Crippen molar-refractivity contribution in [3.63, 3.8) is 0 Å². The molecule has 182 valence electrons. The van der Waals surface area contributed by atoms with Crippen molar-refractivity contribution in [2.75, 3.05) is 13.7 Å². The van der Waals surface area contributed by atoms with Gasteiger partial charge in [-0.2, -0.15) is 0 Å². The van der Waals surface area contributed by atoms with Crippen molar-refractivity contribution in [3.8, 4) is 5.75 Å². The van der Waals surface area contributed by atoms with Gasteiger partial charge in [-0.15, -0.1) is 0 Å². The van der Waals surface area contributed by atoms with Crippen LogP contribution in [0.5, 0.6) is 5.75 Å². The van der Waals surface area contributed by atoms with Crippen molar-refractivity contribution in [1.29, 1.82) is 0 Å². The van der Waals surface area contributed by atoms with Crippen molar-refractivity contribution >= 4 is 5.91 Å². The highest BCUT2D eigenvalue weighted by atomic mass is 16.5. The standard InChI is InChI=1S/C27H46N2O3/c1-5-6-15-28-27(31)24(20(2)3)18-26(30)25(17-21-11-8-7-9-12-21)29-19-22-13-10-14-23(16-22)32-4/h10,13-14,16,20-21,24-26,29-30H,5-9,11-12,15,17-19H2,1-4H3,(H,28,31). The molecule has 1 fully saturated rings. The number of nitrogens with one attached hydrogen (secondary N) is 2. The van der Waals surface area contributed by atoms with Gasteiger partial charge in [0.15, 0.2) is 0 Å². The molecule has 1 aliphatic rings. The molecule has 0 heterocycles. The SMILES string of the molecule is CCCCNC(=O)C(CC(O)C(CC1CCCCC1)NCc1cccc(OC)c1)C(C)C. The van der Waals surface area contributed by atoms with Crippen molar-refractivity contribution < 1.29 is 14.6 Å². The summed E-state index contributed by atoms with van der Waals surface area (Å²) in [5.41, 5.74) is 1.14. The summed E-state index contributed by atoms with van der Waals surface area (Å²) in [4.78, 5) is 12.8. The lowest BCUT2D eigenvalue weighted by Crippen LogP contribution is -2.45. The number of carbonyl (C=O) groups is 1. The monoisotopic (exact) mass is 446 g/mol. The molecule has 5 nitrogen and oxygen atoms in total. The molecule has 0 aliphatic heterocycles. The van der Waals surface area contributed by atoms with E-state index in [1.165, 1.54) is 32.1 Å². The van der Waals surface area contributed by atoms with E-state index in [-0.39, 0.29) is 23.8 Å². The fourth-order valence-electron chi connectivity index (χ4n) is 4.82. The van der Waals surface area contributed by atoms with E-state index in [0.29, 0.717) is 25.4 Å². The van der Waals surface area contributed by atoms with E-state index in [9.17, 15) is 9.90 Å². The third kappa shape index (κ3) is 9.11. The van der Waals surface area contributed by atoms with Gasteiger partial charge in [0.25, 0.3) is 0 Å². The Balaban J connectivity index is 2.04. The first-order valence-corrected chi connectivity index (χ1v) is 12.8. The molecule has 3 N–H and O–H groups in total. The lowest BCUT2D eigenvalue weighted by Gasteiger charge is -2.32. The largest absolute Gasteiger partial charge is 0.497 e. The average Bonchev–Trinajstić information content (AvgIpc) is 2.80. The summed E-state index contributed by atoms with van der Waals surface area (Å²) < 4.78 is 5.35. The number of hydrogen-bond acceptors (Lipinski definition) is 4. The molecule has 1 amide bonds.